The molecule has 0 heterocycles. The number of carbonyl (C=O) groups excluding carboxylic acids is 1. The summed E-state index contributed by atoms with van der Waals surface area (Å²) in [7, 11) is -1.26. The zero-order chi connectivity index (χ0) is 24.9. The second-order valence-electron chi connectivity index (χ2n) is 7.71. The summed E-state index contributed by atoms with van der Waals surface area (Å²) in [4.78, 5) is 13.0. The molecule has 1 atom stereocenters. The number of halogens is 1. The van der Waals surface area contributed by atoms with Crippen LogP contribution in [0.5, 0.6) is 11.5 Å². The Bertz CT molecular complexity index is 1260. The maximum atomic E-state index is 13.8. The number of sulfonamides is 1. The molecule has 9 heteroatoms. The lowest BCUT2D eigenvalue weighted by Gasteiger charge is -2.26. The van der Waals surface area contributed by atoms with E-state index in [4.69, 9.17) is 9.47 Å². The molecule has 0 radical (unpaired) electrons. The minimum atomic E-state index is -4.16. The summed E-state index contributed by atoms with van der Waals surface area (Å²) in [5.41, 5.74) is 1.94. The number of anilines is 1. The van der Waals surface area contributed by atoms with Gasteiger partial charge in [-0.3, -0.25) is 9.10 Å². The molecule has 0 fully saturated rings. The largest absolute Gasteiger partial charge is 0.497 e. The maximum absolute atomic E-state index is 13.8. The van der Waals surface area contributed by atoms with Crippen molar-refractivity contribution in [3.8, 4) is 11.5 Å². The molecule has 0 saturated heterocycles. The first-order valence-electron chi connectivity index (χ1n) is 10.5. The lowest BCUT2D eigenvalue weighted by Crippen LogP contribution is -2.41. The predicted molar refractivity (Wildman–Crippen MR) is 136 cm³/mol. The van der Waals surface area contributed by atoms with Crippen molar-refractivity contribution in [2.45, 2.75) is 24.8 Å². The first-order valence-corrected chi connectivity index (χ1v) is 12.7. The Morgan fingerprint density at radius 3 is 2.38 bits per heavy atom. The van der Waals surface area contributed by atoms with Gasteiger partial charge in [0.1, 0.15) is 22.9 Å². The fourth-order valence-corrected chi connectivity index (χ4v) is 5.36. The Kier molecular flexibility index (Phi) is 8.22. The molecule has 1 N–H and O–H groups in total. The highest BCUT2D eigenvalue weighted by Gasteiger charge is 2.31. The highest BCUT2D eigenvalue weighted by Crippen LogP contribution is 2.32. The second-order valence-corrected chi connectivity index (χ2v) is 10.5. The summed E-state index contributed by atoms with van der Waals surface area (Å²) in [6, 6.07) is 18.7. The molecule has 3 rings (SSSR count). The van der Waals surface area contributed by atoms with E-state index in [1.165, 1.54) is 20.3 Å². The quantitative estimate of drug-likeness (QED) is 0.414. The Morgan fingerprint density at radius 1 is 1.03 bits per heavy atom. The van der Waals surface area contributed by atoms with Gasteiger partial charge in [-0.25, -0.2) is 8.42 Å². The van der Waals surface area contributed by atoms with E-state index in [2.05, 4.69) is 21.2 Å². The van der Waals surface area contributed by atoms with Crippen LogP contribution in [-0.2, 0) is 14.8 Å². The molecule has 0 aromatic heterocycles. The van der Waals surface area contributed by atoms with Gasteiger partial charge in [0.2, 0.25) is 5.91 Å². The van der Waals surface area contributed by atoms with Crippen LogP contribution < -0.4 is 19.1 Å². The van der Waals surface area contributed by atoms with E-state index in [1.54, 1.807) is 43.3 Å². The molecular weight excluding hydrogens is 520 g/mol. The van der Waals surface area contributed by atoms with Crippen LogP contribution >= 0.6 is 15.9 Å². The third-order valence-electron chi connectivity index (χ3n) is 5.26. The average molecular weight is 547 g/mol. The number of amides is 1. The molecule has 1 amide bonds. The number of methoxy groups -OCH3 is 2. The minimum absolute atomic E-state index is 0.0217. The lowest BCUT2D eigenvalue weighted by atomic mass is 10.1. The van der Waals surface area contributed by atoms with Gasteiger partial charge in [0.25, 0.3) is 10.0 Å². The number of hydrogen-bond acceptors (Lipinski definition) is 5. The Hall–Kier alpha value is -3.04. The second kappa shape index (κ2) is 10.9. The smallest absolute Gasteiger partial charge is 0.268 e. The highest BCUT2D eigenvalue weighted by atomic mass is 79.9. The van der Waals surface area contributed by atoms with Gasteiger partial charge in [-0.15, -0.1) is 0 Å². The van der Waals surface area contributed by atoms with Gasteiger partial charge in [0, 0.05) is 10.5 Å². The van der Waals surface area contributed by atoms with Gasteiger partial charge >= 0.3 is 0 Å². The van der Waals surface area contributed by atoms with Gasteiger partial charge in [-0.1, -0.05) is 40.2 Å². The van der Waals surface area contributed by atoms with Crippen molar-refractivity contribution >= 4 is 37.5 Å². The molecule has 3 aromatic carbocycles. The van der Waals surface area contributed by atoms with Crippen LogP contribution in [-0.4, -0.2) is 35.1 Å². The van der Waals surface area contributed by atoms with E-state index in [0.717, 1.165) is 19.9 Å². The Balaban J connectivity index is 1.98. The number of nitrogens with one attached hydrogen (secondary N) is 1. The lowest BCUT2D eigenvalue weighted by molar-refractivity contribution is -0.120. The molecule has 3 aromatic rings. The van der Waals surface area contributed by atoms with Crippen molar-refractivity contribution < 1.29 is 22.7 Å². The minimum Gasteiger partial charge on any atom is -0.497 e. The molecule has 34 heavy (non-hydrogen) atoms. The number of benzene rings is 3. The van der Waals surface area contributed by atoms with E-state index in [9.17, 15) is 13.2 Å². The Labute approximate surface area is 208 Å². The summed E-state index contributed by atoms with van der Waals surface area (Å²) in [6.07, 6.45) is 0. The number of ether oxygens (including phenoxy) is 2. The number of nitrogens with zero attached hydrogens (tertiary/aromatic N) is 1. The van der Waals surface area contributed by atoms with Gasteiger partial charge in [-0.05, 0) is 61.4 Å². The summed E-state index contributed by atoms with van der Waals surface area (Å²) < 4.78 is 40.2. The monoisotopic (exact) mass is 546 g/mol. The van der Waals surface area contributed by atoms with E-state index in [-0.39, 0.29) is 16.7 Å². The summed E-state index contributed by atoms with van der Waals surface area (Å²) in [5, 5.41) is 2.89. The highest BCUT2D eigenvalue weighted by molar-refractivity contribution is 9.10. The Morgan fingerprint density at radius 2 is 1.74 bits per heavy atom. The molecule has 0 bridgehead atoms. The third-order valence-corrected chi connectivity index (χ3v) is 7.59. The van der Waals surface area contributed by atoms with Crippen LogP contribution in [0.3, 0.4) is 0 Å². The summed E-state index contributed by atoms with van der Waals surface area (Å²) in [5.74, 6) is 0.216. The van der Waals surface area contributed by atoms with Crippen molar-refractivity contribution in [3.63, 3.8) is 0 Å². The number of hydrogen-bond donors (Lipinski definition) is 1. The SMILES string of the molecule is COc1cccc(N(CC(=O)NC(C)c2ccc(Br)cc2)S(=O)(=O)c2cc(C)ccc2OC)c1. The van der Waals surface area contributed by atoms with Crippen molar-refractivity contribution in [2.75, 3.05) is 25.1 Å². The topological polar surface area (TPSA) is 84.9 Å². The van der Waals surface area contributed by atoms with Crippen molar-refractivity contribution in [1.29, 1.82) is 0 Å². The van der Waals surface area contributed by atoms with Crippen molar-refractivity contribution in [3.05, 3.63) is 82.3 Å². The van der Waals surface area contributed by atoms with Crippen molar-refractivity contribution in [2.24, 2.45) is 0 Å². The zero-order valence-corrected chi connectivity index (χ0v) is 21.8. The molecule has 0 aliphatic rings. The fourth-order valence-electron chi connectivity index (χ4n) is 3.44. The standard InChI is InChI=1S/C25H27BrN2O5S/c1-17-8-13-23(33-4)24(14-17)34(30,31)28(21-6-5-7-22(15-21)32-3)16-25(29)27-18(2)19-9-11-20(26)12-10-19/h5-15,18H,16H2,1-4H3,(H,27,29). The molecular formula is C25H27BrN2O5S. The van der Waals surface area contributed by atoms with Crippen LogP contribution in [0.1, 0.15) is 24.1 Å². The van der Waals surface area contributed by atoms with Crippen LogP contribution in [0, 0.1) is 6.92 Å². The van der Waals surface area contributed by atoms with Crippen molar-refractivity contribution in [1.82, 2.24) is 5.32 Å². The summed E-state index contributed by atoms with van der Waals surface area (Å²) in [6.45, 7) is 3.21. The van der Waals surface area contributed by atoms with Gasteiger partial charge < -0.3 is 14.8 Å². The third kappa shape index (κ3) is 5.90. The summed E-state index contributed by atoms with van der Waals surface area (Å²) >= 11 is 3.40. The van der Waals surface area contributed by atoms with E-state index in [0.29, 0.717) is 11.4 Å². The number of aryl methyl sites for hydroxylation is 1. The molecule has 0 spiro atoms. The van der Waals surface area contributed by atoms with Gasteiger partial charge in [-0.2, -0.15) is 0 Å². The number of rotatable bonds is 9. The average Bonchev–Trinajstić information content (AvgIpc) is 2.82. The first-order chi connectivity index (χ1) is 16.1. The fraction of sp³-hybridized carbons (Fsp3) is 0.240. The van der Waals surface area contributed by atoms with Gasteiger partial charge in [0.15, 0.2) is 0 Å². The maximum Gasteiger partial charge on any atom is 0.268 e. The zero-order valence-electron chi connectivity index (χ0n) is 19.4. The molecule has 0 saturated carbocycles. The van der Waals surface area contributed by atoms with Crippen LogP contribution in [0.4, 0.5) is 5.69 Å². The number of carbonyl (C=O) groups is 1. The first kappa shape index (κ1) is 25.6. The van der Waals surface area contributed by atoms with E-state index < -0.39 is 22.5 Å². The van der Waals surface area contributed by atoms with Crippen LogP contribution in [0.2, 0.25) is 0 Å². The van der Waals surface area contributed by atoms with E-state index in [1.807, 2.05) is 31.2 Å². The van der Waals surface area contributed by atoms with Gasteiger partial charge in [0.05, 0.1) is 25.9 Å². The molecule has 180 valence electrons. The normalized spacial score (nSPS) is 12.0. The molecule has 0 aliphatic carbocycles. The molecule has 1 unspecified atom stereocenters. The molecule has 0 aliphatic heterocycles. The molecule has 7 nitrogen and oxygen atoms in total. The van der Waals surface area contributed by atoms with Crippen LogP contribution in [0.15, 0.2) is 76.1 Å². The predicted octanol–water partition coefficient (Wildman–Crippen LogP) is 4.85. The van der Waals surface area contributed by atoms with E-state index >= 15 is 0 Å². The van der Waals surface area contributed by atoms with Crippen LogP contribution in [0.25, 0.3) is 0 Å².